The molecule has 1 aromatic carbocycles. The van der Waals surface area contributed by atoms with E-state index in [4.69, 9.17) is 0 Å². The molecule has 0 bridgehead atoms. The van der Waals surface area contributed by atoms with Gasteiger partial charge in [-0.3, -0.25) is 4.79 Å². The van der Waals surface area contributed by atoms with Crippen molar-refractivity contribution in [3.8, 4) is 0 Å². The van der Waals surface area contributed by atoms with Crippen LogP contribution in [0.3, 0.4) is 0 Å². The number of amides is 1. The Morgan fingerprint density at radius 1 is 1.12 bits per heavy atom. The van der Waals surface area contributed by atoms with Crippen LogP contribution < -0.4 is 16.0 Å². The first-order chi connectivity index (χ1) is 12.7. The summed E-state index contributed by atoms with van der Waals surface area (Å²) in [5, 5.41) is 9.80. The Balaban J connectivity index is 1.54. The zero-order chi connectivity index (χ0) is 18.2. The third-order valence-corrected chi connectivity index (χ3v) is 5.19. The molecule has 0 aromatic heterocycles. The van der Waals surface area contributed by atoms with Gasteiger partial charge in [0.1, 0.15) is 0 Å². The van der Waals surface area contributed by atoms with Gasteiger partial charge in [0, 0.05) is 24.7 Å². The zero-order valence-corrected chi connectivity index (χ0v) is 15.9. The van der Waals surface area contributed by atoms with E-state index in [-0.39, 0.29) is 11.8 Å². The number of carbonyl (C=O) groups excluding carboxylic acids is 1. The lowest BCUT2D eigenvalue weighted by molar-refractivity contribution is -0.120. The van der Waals surface area contributed by atoms with Crippen molar-refractivity contribution in [3.63, 3.8) is 0 Å². The van der Waals surface area contributed by atoms with Crippen molar-refractivity contribution in [2.24, 2.45) is 16.8 Å². The first-order valence-corrected chi connectivity index (χ1v) is 10.2. The molecule has 0 radical (unpaired) electrons. The average Bonchev–Trinajstić information content (AvgIpc) is 3.49. The molecule has 2 aliphatic rings. The fourth-order valence-corrected chi connectivity index (χ4v) is 3.43. The molecule has 2 saturated carbocycles. The molecule has 26 heavy (non-hydrogen) atoms. The average molecular weight is 357 g/mol. The van der Waals surface area contributed by atoms with Crippen LogP contribution in [-0.4, -0.2) is 25.0 Å². The summed E-state index contributed by atoms with van der Waals surface area (Å²) in [5.74, 6) is 2.04. The molecule has 0 saturated heterocycles. The molecule has 142 valence electrons. The predicted octanol–water partition coefficient (Wildman–Crippen LogP) is 3.67. The summed E-state index contributed by atoms with van der Waals surface area (Å²) in [6.45, 7) is 4.54. The summed E-state index contributed by atoms with van der Waals surface area (Å²) in [6.07, 6.45) is 8.31. The predicted molar refractivity (Wildman–Crippen MR) is 107 cm³/mol. The quantitative estimate of drug-likeness (QED) is 0.516. The number of nitrogens with one attached hydrogen (secondary N) is 3. The van der Waals surface area contributed by atoms with Crippen LogP contribution in [0.5, 0.6) is 0 Å². The highest BCUT2D eigenvalue weighted by atomic mass is 16.1. The summed E-state index contributed by atoms with van der Waals surface area (Å²) < 4.78 is 0. The highest BCUT2D eigenvalue weighted by molar-refractivity contribution is 5.92. The van der Waals surface area contributed by atoms with E-state index in [1.165, 1.54) is 32.1 Å². The maximum atomic E-state index is 12.4. The Bertz CT molecular complexity index is 618. The van der Waals surface area contributed by atoms with Gasteiger partial charge in [0.15, 0.2) is 5.96 Å². The van der Waals surface area contributed by atoms with Crippen molar-refractivity contribution in [1.82, 2.24) is 10.6 Å². The van der Waals surface area contributed by atoms with Gasteiger partial charge in [-0.2, -0.15) is 0 Å². The number of nitrogens with zero attached hydrogens (tertiary/aromatic N) is 1. The van der Waals surface area contributed by atoms with Crippen LogP contribution in [0.1, 0.15) is 57.4 Å². The van der Waals surface area contributed by atoms with E-state index in [1.807, 2.05) is 18.2 Å². The molecule has 0 atom stereocenters. The van der Waals surface area contributed by atoms with Crippen LogP contribution >= 0.6 is 0 Å². The number of anilines is 1. The van der Waals surface area contributed by atoms with Gasteiger partial charge in [-0.25, -0.2) is 4.99 Å². The van der Waals surface area contributed by atoms with Gasteiger partial charge in [0.25, 0.3) is 0 Å². The van der Waals surface area contributed by atoms with Crippen molar-refractivity contribution in [2.45, 2.75) is 58.4 Å². The van der Waals surface area contributed by atoms with E-state index in [9.17, 15) is 4.79 Å². The number of aliphatic imine (C=N–C) groups is 1. The standard InChI is InChI=1S/C21H32N4O/c1-2-22-21(23-14-16-11-12-16)24-15-17-7-6-10-19(13-17)25-20(26)18-8-4-3-5-9-18/h6-7,10,13,16,18H,2-5,8-9,11-12,14-15H2,1H3,(H,25,26)(H2,22,23,24). The van der Waals surface area contributed by atoms with Crippen LogP contribution in [-0.2, 0) is 11.3 Å². The van der Waals surface area contributed by atoms with Gasteiger partial charge in [0.2, 0.25) is 5.91 Å². The topological polar surface area (TPSA) is 65.5 Å². The molecule has 0 aliphatic heterocycles. The minimum Gasteiger partial charge on any atom is -0.357 e. The van der Waals surface area contributed by atoms with E-state index in [0.29, 0.717) is 6.54 Å². The number of hydrogen-bond acceptors (Lipinski definition) is 2. The van der Waals surface area contributed by atoms with Crippen molar-refractivity contribution in [3.05, 3.63) is 29.8 Å². The molecule has 2 aliphatic carbocycles. The normalized spacial score (nSPS) is 18.4. The lowest BCUT2D eigenvalue weighted by Gasteiger charge is -2.20. The summed E-state index contributed by atoms with van der Waals surface area (Å²) in [5.41, 5.74) is 1.99. The highest BCUT2D eigenvalue weighted by Crippen LogP contribution is 2.27. The van der Waals surface area contributed by atoms with Crippen molar-refractivity contribution in [2.75, 3.05) is 18.4 Å². The van der Waals surface area contributed by atoms with E-state index in [2.05, 4.69) is 33.9 Å². The van der Waals surface area contributed by atoms with Gasteiger partial charge in [0.05, 0.1) is 6.54 Å². The lowest BCUT2D eigenvalue weighted by atomic mass is 9.88. The maximum absolute atomic E-state index is 12.4. The fraction of sp³-hybridized carbons (Fsp3) is 0.619. The Kier molecular flexibility index (Phi) is 6.92. The maximum Gasteiger partial charge on any atom is 0.227 e. The second kappa shape index (κ2) is 9.60. The number of carbonyl (C=O) groups is 1. The van der Waals surface area contributed by atoms with E-state index in [0.717, 1.165) is 49.1 Å². The Hall–Kier alpha value is -2.04. The number of hydrogen-bond donors (Lipinski definition) is 3. The smallest absolute Gasteiger partial charge is 0.227 e. The van der Waals surface area contributed by atoms with Gasteiger partial charge in [-0.1, -0.05) is 31.4 Å². The SMILES string of the molecule is CCNC(=NCc1cccc(NC(=O)C2CCCCC2)c1)NCC1CC1. The van der Waals surface area contributed by atoms with Crippen molar-refractivity contribution in [1.29, 1.82) is 0 Å². The van der Waals surface area contributed by atoms with Gasteiger partial charge in [-0.15, -0.1) is 0 Å². The van der Waals surface area contributed by atoms with Gasteiger partial charge < -0.3 is 16.0 Å². The molecule has 5 nitrogen and oxygen atoms in total. The largest absolute Gasteiger partial charge is 0.357 e. The van der Waals surface area contributed by atoms with Crippen LogP contribution in [0.25, 0.3) is 0 Å². The Morgan fingerprint density at radius 3 is 2.65 bits per heavy atom. The lowest BCUT2D eigenvalue weighted by Crippen LogP contribution is -2.38. The van der Waals surface area contributed by atoms with Crippen LogP contribution in [0.4, 0.5) is 5.69 Å². The fourth-order valence-electron chi connectivity index (χ4n) is 3.43. The Labute approximate surface area is 157 Å². The van der Waals surface area contributed by atoms with Crippen LogP contribution in [0, 0.1) is 11.8 Å². The molecule has 1 amide bonds. The summed E-state index contributed by atoms with van der Waals surface area (Å²) >= 11 is 0. The molecule has 0 unspecified atom stereocenters. The molecular weight excluding hydrogens is 324 g/mol. The second-order valence-electron chi connectivity index (χ2n) is 7.54. The van der Waals surface area contributed by atoms with E-state index < -0.39 is 0 Å². The first-order valence-electron chi connectivity index (χ1n) is 10.2. The van der Waals surface area contributed by atoms with Crippen molar-refractivity contribution >= 4 is 17.6 Å². The van der Waals surface area contributed by atoms with Crippen LogP contribution in [0.2, 0.25) is 0 Å². The molecule has 2 fully saturated rings. The van der Waals surface area contributed by atoms with E-state index >= 15 is 0 Å². The second-order valence-corrected chi connectivity index (χ2v) is 7.54. The summed E-state index contributed by atoms with van der Waals surface area (Å²) in [6, 6.07) is 8.05. The molecular formula is C21H32N4O. The molecule has 3 rings (SSSR count). The summed E-state index contributed by atoms with van der Waals surface area (Å²) in [7, 11) is 0. The molecule has 3 N–H and O–H groups in total. The van der Waals surface area contributed by atoms with Crippen molar-refractivity contribution < 1.29 is 4.79 Å². The monoisotopic (exact) mass is 356 g/mol. The number of benzene rings is 1. The third kappa shape index (κ3) is 6.04. The van der Waals surface area contributed by atoms with E-state index in [1.54, 1.807) is 0 Å². The molecule has 0 spiro atoms. The molecule has 0 heterocycles. The minimum absolute atomic E-state index is 0.171. The number of rotatable bonds is 7. The first kappa shape index (κ1) is 18.7. The third-order valence-electron chi connectivity index (χ3n) is 5.19. The van der Waals surface area contributed by atoms with Crippen LogP contribution in [0.15, 0.2) is 29.3 Å². The molecule has 5 heteroatoms. The zero-order valence-electron chi connectivity index (χ0n) is 15.9. The number of guanidine groups is 1. The van der Waals surface area contributed by atoms with Gasteiger partial charge in [-0.05, 0) is 56.2 Å². The minimum atomic E-state index is 0.171. The van der Waals surface area contributed by atoms with Gasteiger partial charge >= 0.3 is 0 Å². The summed E-state index contributed by atoms with van der Waals surface area (Å²) in [4.78, 5) is 17.1. The molecule has 1 aromatic rings. The highest BCUT2D eigenvalue weighted by Gasteiger charge is 2.21. The Morgan fingerprint density at radius 2 is 1.92 bits per heavy atom.